The molecule has 1 aliphatic heterocycles. The number of ether oxygens (including phenoxy) is 1. The third kappa shape index (κ3) is 5.06. The summed E-state index contributed by atoms with van der Waals surface area (Å²) >= 11 is 1.71. The van der Waals surface area contributed by atoms with E-state index < -0.39 is 6.04 Å². The number of carbonyl (C=O) groups excluding carboxylic acids is 1. The molecule has 3 aromatic rings. The lowest BCUT2D eigenvalue weighted by Gasteiger charge is -2.34. The van der Waals surface area contributed by atoms with Gasteiger partial charge in [-0.05, 0) is 27.4 Å². The first-order chi connectivity index (χ1) is 14.3. The fourth-order valence-corrected chi connectivity index (χ4v) is 4.41. The Morgan fingerprint density at radius 1 is 1.17 bits per heavy atom. The summed E-state index contributed by atoms with van der Waals surface area (Å²) in [7, 11) is 0. The SMILES string of the molecule is O=C(NCC(c1cccs1)N1CCOCC1)C(Cc1ccccc1)n1cnnn1. The molecule has 0 spiro atoms. The number of thiophene rings is 1. The third-order valence-electron chi connectivity index (χ3n) is 5.09. The second kappa shape index (κ2) is 9.73. The van der Waals surface area contributed by atoms with Gasteiger partial charge in [0.1, 0.15) is 12.4 Å². The summed E-state index contributed by atoms with van der Waals surface area (Å²) in [4.78, 5) is 16.8. The maximum atomic E-state index is 13.1. The van der Waals surface area contributed by atoms with Gasteiger partial charge >= 0.3 is 0 Å². The van der Waals surface area contributed by atoms with Gasteiger partial charge in [-0.1, -0.05) is 36.4 Å². The summed E-state index contributed by atoms with van der Waals surface area (Å²) in [6.45, 7) is 3.69. The molecular formula is C20H24N6O2S. The summed E-state index contributed by atoms with van der Waals surface area (Å²) in [5, 5.41) is 16.6. The Bertz CT molecular complexity index is 866. The standard InChI is InChI=1S/C20H24N6O2S/c27-20(17(26-15-22-23-24-26)13-16-5-2-1-3-6-16)21-14-18(19-7-4-12-29-19)25-8-10-28-11-9-25/h1-7,12,15,17-18H,8-11,13-14H2,(H,21,27). The molecule has 4 rings (SSSR count). The van der Waals surface area contributed by atoms with Crippen molar-refractivity contribution in [2.45, 2.75) is 18.5 Å². The van der Waals surface area contributed by atoms with Gasteiger partial charge < -0.3 is 10.1 Å². The maximum absolute atomic E-state index is 13.1. The Balaban J connectivity index is 1.47. The molecular weight excluding hydrogens is 388 g/mol. The van der Waals surface area contributed by atoms with Crippen LogP contribution in [0.5, 0.6) is 0 Å². The number of amides is 1. The monoisotopic (exact) mass is 412 g/mol. The average molecular weight is 413 g/mol. The van der Waals surface area contributed by atoms with Crippen molar-refractivity contribution in [3.05, 3.63) is 64.6 Å². The lowest BCUT2D eigenvalue weighted by atomic mass is 10.1. The minimum Gasteiger partial charge on any atom is -0.379 e. The van der Waals surface area contributed by atoms with Gasteiger partial charge in [-0.15, -0.1) is 16.4 Å². The highest BCUT2D eigenvalue weighted by Crippen LogP contribution is 2.25. The lowest BCUT2D eigenvalue weighted by molar-refractivity contribution is -0.125. The number of rotatable bonds is 8. The number of hydrogen-bond acceptors (Lipinski definition) is 7. The fraction of sp³-hybridized carbons (Fsp3) is 0.400. The first-order valence-electron chi connectivity index (χ1n) is 9.70. The Morgan fingerprint density at radius 3 is 2.69 bits per heavy atom. The second-order valence-corrected chi connectivity index (χ2v) is 7.90. The van der Waals surface area contributed by atoms with Crippen LogP contribution in [-0.4, -0.2) is 63.9 Å². The molecule has 29 heavy (non-hydrogen) atoms. The Hall–Kier alpha value is -2.62. The number of tetrazole rings is 1. The smallest absolute Gasteiger partial charge is 0.245 e. The zero-order chi connectivity index (χ0) is 19.9. The van der Waals surface area contributed by atoms with Crippen LogP contribution in [0.3, 0.4) is 0 Å². The van der Waals surface area contributed by atoms with Gasteiger partial charge in [0, 0.05) is 30.9 Å². The summed E-state index contributed by atoms with van der Waals surface area (Å²) < 4.78 is 7.02. The minimum absolute atomic E-state index is 0.0871. The molecule has 1 N–H and O–H groups in total. The average Bonchev–Trinajstić information content (AvgIpc) is 3.48. The number of morpholine rings is 1. The van der Waals surface area contributed by atoms with Crippen molar-refractivity contribution >= 4 is 17.2 Å². The van der Waals surface area contributed by atoms with Crippen molar-refractivity contribution in [2.75, 3.05) is 32.8 Å². The third-order valence-corrected chi connectivity index (χ3v) is 6.06. The molecule has 152 valence electrons. The van der Waals surface area contributed by atoms with E-state index in [1.807, 2.05) is 30.3 Å². The van der Waals surface area contributed by atoms with Crippen LogP contribution in [-0.2, 0) is 16.0 Å². The Labute approximate surface area is 173 Å². The van der Waals surface area contributed by atoms with E-state index in [0.717, 1.165) is 31.9 Å². The van der Waals surface area contributed by atoms with Gasteiger partial charge in [-0.25, -0.2) is 4.68 Å². The summed E-state index contributed by atoms with van der Waals surface area (Å²) in [5.41, 5.74) is 1.06. The van der Waals surface area contributed by atoms with Gasteiger partial charge in [0.15, 0.2) is 0 Å². The number of benzene rings is 1. The highest BCUT2D eigenvalue weighted by Gasteiger charge is 2.27. The van der Waals surface area contributed by atoms with E-state index in [1.165, 1.54) is 15.9 Å². The molecule has 8 nitrogen and oxygen atoms in total. The molecule has 2 atom stereocenters. The molecule has 9 heteroatoms. The molecule has 1 amide bonds. The normalized spacial score (nSPS) is 17.0. The molecule has 1 saturated heterocycles. The van der Waals surface area contributed by atoms with Crippen molar-refractivity contribution in [1.82, 2.24) is 30.4 Å². The van der Waals surface area contributed by atoms with Crippen LogP contribution < -0.4 is 5.32 Å². The first kappa shape index (κ1) is 19.7. The van der Waals surface area contributed by atoms with E-state index >= 15 is 0 Å². The van der Waals surface area contributed by atoms with Crippen LogP contribution >= 0.6 is 11.3 Å². The van der Waals surface area contributed by atoms with Crippen molar-refractivity contribution in [2.24, 2.45) is 0 Å². The molecule has 0 saturated carbocycles. The van der Waals surface area contributed by atoms with Crippen LogP contribution in [0.25, 0.3) is 0 Å². The molecule has 0 radical (unpaired) electrons. The van der Waals surface area contributed by atoms with Crippen LogP contribution in [0, 0.1) is 0 Å². The summed E-state index contributed by atoms with van der Waals surface area (Å²) in [6.07, 6.45) is 2.02. The van der Waals surface area contributed by atoms with Gasteiger partial charge in [0.2, 0.25) is 5.91 Å². The van der Waals surface area contributed by atoms with Gasteiger partial charge in [0.05, 0.1) is 19.3 Å². The van der Waals surface area contributed by atoms with Crippen molar-refractivity contribution in [1.29, 1.82) is 0 Å². The zero-order valence-corrected chi connectivity index (χ0v) is 16.9. The number of hydrogen-bond donors (Lipinski definition) is 1. The van der Waals surface area contributed by atoms with Gasteiger partial charge in [0.25, 0.3) is 0 Å². The van der Waals surface area contributed by atoms with Crippen molar-refractivity contribution < 1.29 is 9.53 Å². The van der Waals surface area contributed by atoms with E-state index in [4.69, 9.17) is 4.74 Å². The van der Waals surface area contributed by atoms with E-state index in [9.17, 15) is 4.79 Å². The molecule has 2 unspecified atom stereocenters. The lowest BCUT2D eigenvalue weighted by Crippen LogP contribution is -2.45. The number of nitrogens with zero attached hydrogens (tertiary/aromatic N) is 5. The zero-order valence-electron chi connectivity index (χ0n) is 16.1. The van der Waals surface area contributed by atoms with Gasteiger partial charge in [-0.2, -0.15) is 0 Å². The van der Waals surface area contributed by atoms with Crippen LogP contribution in [0.4, 0.5) is 0 Å². The molecule has 3 heterocycles. The van der Waals surface area contributed by atoms with E-state index in [2.05, 4.69) is 43.3 Å². The highest BCUT2D eigenvalue weighted by molar-refractivity contribution is 7.10. The quantitative estimate of drug-likeness (QED) is 0.606. The molecule has 0 bridgehead atoms. The molecule has 0 aliphatic carbocycles. The largest absolute Gasteiger partial charge is 0.379 e. The molecule has 1 fully saturated rings. The molecule has 2 aromatic heterocycles. The second-order valence-electron chi connectivity index (χ2n) is 6.92. The van der Waals surface area contributed by atoms with E-state index in [0.29, 0.717) is 13.0 Å². The summed E-state index contributed by atoms with van der Waals surface area (Å²) in [6, 6.07) is 13.7. The van der Waals surface area contributed by atoms with Crippen molar-refractivity contribution in [3.8, 4) is 0 Å². The summed E-state index contributed by atoms with van der Waals surface area (Å²) in [5.74, 6) is -0.0871. The fourth-order valence-electron chi connectivity index (χ4n) is 3.55. The van der Waals surface area contributed by atoms with E-state index in [1.54, 1.807) is 11.3 Å². The molecule has 1 aliphatic rings. The number of carbonyl (C=O) groups is 1. The number of nitrogens with one attached hydrogen (secondary N) is 1. The predicted molar refractivity (Wildman–Crippen MR) is 109 cm³/mol. The Kier molecular flexibility index (Phi) is 6.60. The van der Waals surface area contributed by atoms with E-state index in [-0.39, 0.29) is 11.9 Å². The molecule has 1 aromatic carbocycles. The Morgan fingerprint density at radius 2 is 2.00 bits per heavy atom. The minimum atomic E-state index is -0.499. The number of aromatic nitrogens is 4. The highest BCUT2D eigenvalue weighted by atomic mass is 32.1. The van der Waals surface area contributed by atoms with Crippen molar-refractivity contribution in [3.63, 3.8) is 0 Å². The first-order valence-corrected chi connectivity index (χ1v) is 10.6. The van der Waals surface area contributed by atoms with Crippen LogP contribution in [0.2, 0.25) is 0 Å². The predicted octanol–water partition coefficient (Wildman–Crippen LogP) is 1.71. The van der Waals surface area contributed by atoms with Gasteiger partial charge in [-0.3, -0.25) is 9.69 Å². The maximum Gasteiger partial charge on any atom is 0.245 e. The topological polar surface area (TPSA) is 85.2 Å². The van der Waals surface area contributed by atoms with Crippen LogP contribution in [0.1, 0.15) is 22.5 Å². The van der Waals surface area contributed by atoms with Crippen LogP contribution in [0.15, 0.2) is 54.2 Å².